The Morgan fingerprint density at radius 2 is 1.83 bits per heavy atom. The van der Waals surface area contributed by atoms with Gasteiger partial charge < -0.3 is 4.57 Å². The van der Waals surface area contributed by atoms with Gasteiger partial charge in [0.15, 0.2) is 16.8 Å². The molecule has 0 fully saturated rings. The van der Waals surface area contributed by atoms with E-state index in [0.29, 0.717) is 27.8 Å². The second kappa shape index (κ2) is 7.25. The van der Waals surface area contributed by atoms with Gasteiger partial charge in [-0.3, -0.25) is 14.8 Å². The first kappa shape index (κ1) is 19.0. The standard InChI is InChI=1S/C20H17F2N5OS/c1-11-4-5-12(2)27(11)19-14(9-23-26(19)3)18(28)25-20-24-17(10-29-20)13-6-7-15(21)16(22)8-13/h4-10H,1-3H3,(H,24,25,28). The number of rotatable bonds is 4. The predicted molar refractivity (Wildman–Crippen MR) is 107 cm³/mol. The lowest BCUT2D eigenvalue weighted by Crippen LogP contribution is -2.16. The zero-order valence-corrected chi connectivity index (χ0v) is 16.7. The first-order valence-electron chi connectivity index (χ1n) is 8.75. The zero-order valence-electron chi connectivity index (χ0n) is 15.9. The molecule has 148 valence electrons. The summed E-state index contributed by atoms with van der Waals surface area (Å²) in [5.41, 5.74) is 3.25. The number of anilines is 1. The van der Waals surface area contributed by atoms with Gasteiger partial charge in [-0.2, -0.15) is 5.10 Å². The van der Waals surface area contributed by atoms with E-state index in [-0.39, 0.29) is 5.91 Å². The minimum Gasteiger partial charge on any atom is -0.303 e. The van der Waals surface area contributed by atoms with Crippen molar-refractivity contribution in [2.24, 2.45) is 7.05 Å². The van der Waals surface area contributed by atoms with Crippen LogP contribution in [0.1, 0.15) is 21.7 Å². The van der Waals surface area contributed by atoms with Crippen LogP contribution in [0.5, 0.6) is 0 Å². The van der Waals surface area contributed by atoms with E-state index in [1.54, 1.807) is 17.1 Å². The van der Waals surface area contributed by atoms with Crippen LogP contribution in [0, 0.1) is 25.5 Å². The van der Waals surface area contributed by atoms with Gasteiger partial charge in [0.1, 0.15) is 11.4 Å². The van der Waals surface area contributed by atoms with Gasteiger partial charge in [0.2, 0.25) is 0 Å². The van der Waals surface area contributed by atoms with Crippen molar-refractivity contribution in [3.05, 3.63) is 70.5 Å². The zero-order chi connectivity index (χ0) is 20.7. The molecule has 0 radical (unpaired) electrons. The second-order valence-corrected chi connectivity index (χ2v) is 7.44. The summed E-state index contributed by atoms with van der Waals surface area (Å²) in [4.78, 5) is 17.2. The van der Waals surface area contributed by atoms with Gasteiger partial charge in [-0.1, -0.05) is 0 Å². The third-order valence-electron chi connectivity index (χ3n) is 4.58. The summed E-state index contributed by atoms with van der Waals surface area (Å²) in [6, 6.07) is 7.51. The molecule has 0 aliphatic rings. The van der Waals surface area contributed by atoms with Crippen molar-refractivity contribution in [1.82, 2.24) is 19.3 Å². The molecule has 0 atom stereocenters. The van der Waals surface area contributed by atoms with Gasteiger partial charge in [-0.25, -0.2) is 13.8 Å². The van der Waals surface area contributed by atoms with E-state index >= 15 is 0 Å². The topological polar surface area (TPSA) is 64.7 Å². The molecule has 0 saturated carbocycles. The number of carbonyl (C=O) groups is 1. The average molecular weight is 413 g/mol. The maximum atomic E-state index is 13.5. The molecule has 0 aliphatic carbocycles. The fourth-order valence-corrected chi connectivity index (χ4v) is 3.86. The quantitative estimate of drug-likeness (QED) is 0.536. The fourth-order valence-electron chi connectivity index (χ4n) is 3.14. The highest BCUT2D eigenvalue weighted by atomic mass is 32.1. The van der Waals surface area contributed by atoms with Gasteiger partial charge in [-0.15, -0.1) is 11.3 Å². The second-order valence-electron chi connectivity index (χ2n) is 6.58. The van der Waals surface area contributed by atoms with Crippen molar-refractivity contribution in [3.63, 3.8) is 0 Å². The molecular formula is C20H17F2N5OS. The molecule has 0 saturated heterocycles. The van der Waals surface area contributed by atoms with Gasteiger partial charge in [0, 0.05) is 29.4 Å². The number of carbonyl (C=O) groups excluding carboxylic acids is 1. The van der Waals surface area contributed by atoms with E-state index in [9.17, 15) is 13.6 Å². The smallest absolute Gasteiger partial charge is 0.262 e. The molecule has 4 aromatic rings. The molecule has 9 heteroatoms. The van der Waals surface area contributed by atoms with E-state index in [1.807, 2.05) is 30.5 Å². The number of halogens is 2. The number of hydrogen-bond donors (Lipinski definition) is 1. The molecule has 3 heterocycles. The number of benzene rings is 1. The van der Waals surface area contributed by atoms with Crippen LogP contribution in [0.4, 0.5) is 13.9 Å². The Hall–Kier alpha value is -3.33. The number of aryl methyl sites for hydroxylation is 3. The van der Waals surface area contributed by atoms with Crippen LogP contribution in [0.15, 0.2) is 41.9 Å². The highest BCUT2D eigenvalue weighted by Gasteiger charge is 2.21. The molecule has 6 nitrogen and oxygen atoms in total. The average Bonchev–Trinajstić information content (AvgIpc) is 3.37. The Bertz CT molecular complexity index is 1200. The molecule has 0 aliphatic heterocycles. The molecule has 29 heavy (non-hydrogen) atoms. The van der Waals surface area contributed by atoms with Crippen molar-refractivity contribution >= 4 is 22.4 Å². The predicted octanol–water partition coefficient (Wildman–Crippen LogP) is 4.48. The summed E-state index contributed by atoms with van der Waals surface area (Å²) in [6.07, 6.45) is 1.51. The van der Waals surface area contributed by atoms with E-state index in [1.165, 1.54) is 23.6 Å². The van der Waals surface area contributed by atoms with Crippen molar-refractivity contribution in [1.29, 1.82) is 0 Å². The van der Waals surface area contributed by atoms with Crippen LogP contribution >= 0.6 is 11.3 Å². The molecule has 0 bridgehead atoms. The van der Waals surface area contributed by atoms with E-state index in [4.69, 9.17) is 0 Å². The molecule has 1 N–H and O–H groups in total. The van der Waals surface area contributed by atoms with Crippen molar-refractivity contribution in [2.75, 3.05) is 5.32 Å². The van der Waals surface area contributed by atoms with Crippen molar-refractivity contribution < 1.29 is 13.6 Å². The normalized spacial score (nSPS) is 11.1. The Kier molecular flexibility index (Phi) is 4.75. The highest BCUT2D eigenvalue weighted by molar-refractivity contribution is 7.14. The summed E-state index contributed by atoms with van der Waals surface area (Å²) < 4.78 is 30.2. The number of aromatic nitrogens is 4. The summed E-state index contributed by atoms with van der Waals surface area (Å²) in [7, 11) is 1.77. The summed E-state index contributed by atoms with van der Waals surface area (Å²) in [5.74, 6) is -1.57. The largest absolute Gasteiger partial charge is 0.303 e. The molecule has 1 aromatic carbocycles. The monoisotopic (exact) mass is 413 g/mol. The van der Waals surface area contributed by atoms with Crippen molar-refractivity contribution in [2.45, 2.75) is 13.8 Å². The molecule has 0 unspecified atom stereocenters. The Balaban J connectivity index is 1.62. The van der Waals surface area contributed by atoms with Crippen LogP contribution < -0.4 is 5.32 Å². The van der Waals surface area contributed by atoms with E-state index in [0.717, 1.165) is 23.5 Å². The van der Waals surface area contributed by atoms with E-state index < -0.39 is 11.6 Å². The third-order valence-corrected chi connectivity index (χ3v) is 5.33. The molecule has 0 spiro atoms. The van der Waals surface area contributed by atoms with Crippen LogP contribution in [-0.4, -0.2) is 25.2 Å². The van der Waals surface area contributed by atoms with Gasteiger partial charge in [0.25, 0.3) is 5.91 Å². The first-order chi connectivity index (χ1) is 13.8. The Morgan fingerprint density at radius 3 is 2.52 bits per heavy atom. The first-order valence-corrected chi connectivity index (χ1v) is 9.62. The number of amides is 1. The lowest BCUT2D eigenvalue weighted by atomic mass is 10.2. The molecule has 4 rings (SSSR count). The third kappa shape index (κ3) is 3.44. The summed E-state index contributed by atoms with van der Waals surface area (Å²) in [5, 5.41) is 9.02. The molecule has 3 aromatic heterocycles. The van der Waals surface area contributed by atoms with Gasteiger partial charge in [-0.05, 0) is 44.2 Å². The SMILES string of the molecule is Cc1ccc(C)n1-c1c(C(=O)Nc2nc(-c3ccc(F)c(F)c3)cs2)cnn1C. The highest BCUT2D eigenvalue weighted by Crippen LogP contribution is 2.27. The lowest BCUT2D eigenvalue weighted by Gasteiger charge is -2.12. The van der Waals surface area contributed by atoms with Gasteiger partial charge in [0.05, 0.1) is 11.9 Å². The van der Waals surface area contributed by atoms with Crippen LogP contribution in [0.25, 0.3) is 17.1 Å². The lowest BCUT2D eigenvalue weighted by molar-refractivity contribution is 0.102. The van der Waals surface area contributed by atoms with Gasteiger partial charge >= 0.3 is 0 Å². The number of thiazole rings is 1. The number of nitrogens with one attached hydrogen (secondary N) is 1. The van der Waals surface area contributed by atoms with Crippen LogP contribution in [0.2, 0.25) is 0 Å². The fraction of sp³-hybridized carbons (Fsp3) is 0.150. The number of hydrogen-bond acceptors (Lipinski definition) is 4. The van der Waals surface area contributed by atoms with E-state index in [2.05, 4.69) is 15.4 Å². The maximum absolute atomic E-state index is 13.5. The maximum Gasteiger partial charge on any atom is 0.262 e. The minimum absolute atomic E-state index is 0.352. The van der Waals surface area contributed by atoms with Crippen molar-refractivity contribution in [3.8, 4) is 17.1 Å². The van der Waals surface area contributed by atoms with Crippen LogP contribution in [0.3, 0.4) is 0 Å². The Morgan fingerprint density at radius 1 is 1.10 bits per heavy atom. The van der Waals surface area contributed by atoms with Crippen LogP contribution in [-0.2, 0) is 7.05 Å². The summed E-state index contributed by atoms with van der Waals surface area (Å²) in [6.45, 7) is 3.91. The molecular weight excluding hydrogens is 396 g/mol. The Labute approximate surface area is 169 Å². The summed E-state index contributed by atoms with van der Waals surface area (Å²) >= 11 is 1.20. The number of nitrogens with zero attached hydrogens (tertiary/aromatic N) is 4. The molecule has 1 amide bonds. The minimum atomic E-state index is -0.946.